The number of rotatable bonds is 6. The number of nitrogens with two attached hydrogens (primary N) is 1. The Hall–Kier alpha value is -3.73. The van der Waals surface area contributed by atoms with E-state index in [1.165, 1.54) is 15.6 Å². The fraction of sp³-hybridized carbons (Fsp3) is 0.158. The van der Waals surface area contributed by atoms with E-state index in [4.69, 9.17) is 10.3 Å². The summed E-state index contributed by atoms with van der Waals surface area (Å²) in [5.41, 5.74) is 1.29. The SMILES string of the molecule is Cc1c(NC(=O)CSc2nnc(-c3ccco3)n2N)c(=O)n(-c2ccccc2)n1C. The van der Waals surface area contributed by atoms with E-state index in [0.717, 1.165) is 11.8 Å². The highest BCUT2D eigenvalue weighted by Gasteiger charge is 2.19. The molecule has 1 amide bonds. The standard InChI is InChI=1S/C19H19N7O3S/c1-12-16(18(28)26(24(12)2)13-7-4-3-5-8-13)21-15(27)11-30-19-23-22-17(25(19)20)14-9-6-10-29-14/h3-10H,11,20H2,1-2H3,(H,21,27). The molecule has 1 aromatic carbocycles. The zero-order valence-corrected chi connectivity index (χ0v) is 17.1. The van der Waals surface area contributed by atoms with Crippen molar-refractivity contribution in [2.75, 3.05) is 16.9 Å². The Labute approximate surface area is 175 Å². The molecule has 0 saturated carbocycles. The number of anilines is 1. The number of hydrogen-bond acceptors (Lipinski definition) is 7. The third kappa shape index (κ3) is 3.50. The van der Waals surface area contributed by atoms with Gasteiger partial charge in [0.05, 0.1) is 23.4 Å². The third-order valence-corrected chi connectivity index (χ3v) is 5.50. The van der Waals surface area contributed by atoms with Crippen LogP contribution >= 0.6 is 11.8 Å². The molecule has 0 radical (unpaired) electrons. The van der Waals surface area contributed by atoms with Crippen molar-refractivity contribution < 1.29 is 9.21 Å². The maximum Gasteiger partial charge on any atom is 0.295 e. The van der Waals surface area contributed by atoms with E-state index in [2.05, 4.69) is 15.5 Å². The van der Waals surface area contributed by atoms with E-state index in [9.17, 15) is 9.59 Å². The maximum absolute atomic E-state index is 12.9. The van der Waals surface area contributed by atoms with Crippen molar-refractivity contribution in [2.24, 2.45) is 7.05 Å². The summed E-state index contributed by atoms with van der Waals surface area (Å²) in [5.74, 6) is 6.47. The van der Waals surface area contributed by atoms with Crippen LogP contribution in [0.5, 0.6) is 0 Å². The Morgan fingerprint density at radius 1 is 1.20 bits per heavy atom. The molecule has 0 bridgehead atoms. The fourth-order valence-corrected chi connectivity index (χ4v) is 3.62. The largest absolute Gasteiger partial charge is 0.461 e. The number of hydrogen-bond donors (Lipinski definition) is 2. The lowest BCUT2D eigenvalue weighted by atomic mass is 10.3. The van der Waals surface area contributed by atoms with Gasteiger partial charge in [-0.25, -0.2) is 9.36 Å². The Morgan fingerprint density at radius 3 is 2.67 bits per heavy atom. The number of carbonyl (C=O) groups excluding carboxylic acids is 1. The minimum Gasteiger partial charge on any atom is -0.461 e. The number of aromatic nitrogens is 5. The van der Waals surface area contributed by atoms with E-state index >= 15 is 0 Å². The number of benzene rings is 1. The van der Waals surface area contributed by atoms with E-state index in [1.807, 2.05) is 30.3 Å². The number of thioether (sulfide) groups is 1. The fourth-order valence-electron chi connectivity index (χ4n) is 2.97. The highest BCUT2D eigenvalue weighted by Crippen LogP contribution is 2.22. The highest BCUT2D eigenvalue weighted by molar-refractivity contribution is 7.99. The van der Waals surface area contributed by atoms with Gasteiger partial charge in [0, 0.05) is 7.05 Å². The summed E-state index contributed by atoms with van der Waals surface area (Å²) < 4.78 is 9.73. The van der Waals surface area contributed by atoms with Gasteiger partial charge in [0.1, 0.15) is 5.69 Å². The molecule has 0 atom stereocenters. The topological polar surface area (TPSA) is 126 Å². The van der Waals surface area contributed by atoms with Crippen LogP contribution in [-0.2, 0) is 11.8 Å². The summed E-state index contributed by atoms with van der Waals surface area (Å²) >= 11 is 1.11. The van der Waals surface area contributed by atoms with Crippen LogP contribution in [0.25, 0.3) is 17.3 Å². The van der Waals surface area contributed by atoms with Crippen LogP contribution in [-0.4, -0.2) is 35.9 Å². The van der Waals surface area contributed by atoms with Gasteiger partial charge in [-0.3, -0.25) is 14.3 Å². The molecule has 11 heteroatoms. The molecule has 0 spiro atoms. The first-order valence-electron chi connectivity index (χ1n) is 8.98. The lowest BCUT2D eigenvalue weighted by Crippen LogP contribution is -2.23. The van der Waals surface area contributed by atoms with Crippen molar-refractivity contribution >= 4 is 23.4 Å². The Balaban J connectivity index is 1.49. The Bertz CT molecular complexity index is 1240. The zero-order chi connectivity index (χ0) is 21.3. The predicted molar refractivity (Wildman–Crippen MR) is 113 cm³/mol. The second-order valence-electron chi connectivity index (χ2n) is 6.43. The molecule has 0 aliphatic rings. The smallest absolute Gasteiger partial charge is 0.295 e. The van der Waals surface area contributed by atoms with Gasteiger partial charge in [0.25, 0.3) is 5.56 Å². The molecule has 4 rings (SSSR count). The minimum absolute atomic E-state index is 0.00655. The molecule has 3 heterocycles. The molecule has 0 fully saturated rings. The summed E-state index contributed by atoms with van der Waals surface area (Å²) in [5, 5.41) is 11.0. The van der Waals surface area contributed by atoms with E-state index in [-0.39, 0.29) is 22.9 Å². The highest BCUT2D eigenvalue weighted by atomic mass is 32.2. The van der Waals surface area contributed by atoms with E-state index in [1.54, 1.807) is 30.8 Å². The van der Waals surface area contributed by atoms with Gasteiger partial charge >= 0.3 is 0 Å². The van der Waals surface area contributed by atoms with Crippen LogP contribution in [0.15, 0.2) is 63.1 Å². The quantitative estimate of drug-likeness (QED) is 0.356. The van der Waals surface area contributed by atoms with Gasteiger partial charge in [-0.2, -0.15) is 0 Å². The molecule has 0 aliphatic carbocycles. The molecule has 3 N–H and O–H groups in total. The predicted octanol–water partition coefficient (Wildman–Crippen LogP) is 1.78. The molecule has 0 unspecified atom stereocenters. The summed E-state index contributed by atoms with van der Waals surface area (Å²) in [6.07, 6.45) is 1.51. The molecule has 0 aliphatic heterocycles. The van der Waals surface area contributed by atoms with E-state index < -0.39 is 0 Å². The van der Waals surface area contributed by atoms with Crippen molar-refractivity contribution in [3.63, 3.8) is 0 Å². The van der Waals surface area contributed by atoms with E-state index in [0.29, 0.717) is 28.1 Å². The lowest BCUT2D eigenvalue weighted by molar-refractivity contribution is -0.113. The molecule has 3 aromatic heterocycles. The van der Waals surface area contributed by atoms with Gasteiger partial charge in [0.15, 0.2) is 5.76 Å². The van der Waals surface area contributed by atoms with Crippen molar-refractivity contribution in [1.82, 2.24) is 24.2 Å². The number of furan rings is 1. The van der Waals surface area contributed by atoms with Crippen LogP contribution in [0.2, 0.25) is 0 Å². The second kappa shape index (κ2) is 7.95. The van der Waals surface area contributed by atoms with Gasteiger partial charge in [-0.1, -0.05) is 30.0 Å². The molecule has 30 heavy (non-hydrogen) atoms. The van der Waals surface area contributed by atoms with Gasteiger partial charge in [0.2, 0.25) is 16.9 Å². The summed E-state index contributed by atoms with van der Waals surface area (Å²) in [7, 11) is 1.77. The van der Waals surface area contributed by atoms with Gasteiger partial charge in [-0.05, 0) is 31.2 Å². The number of para-hydroxylation sites is 1. The molecular formula is C19H19N7O3S. The summed E-state index contributed by atoms with van der Waals surface area (Å²) in [4.78, 5) is 25.4. The molecule has 154 valence electrons. The van der Waals surface area contributed by atoms with Crippen LogP contribution < -0.4 is 16.7 Å². The third-order valence-electron chi connectivity index (χ3n) is 4.56. The minimum atomic E-state index is -0.353. The van der Waals surface area contributed by atoms with Crippen molar-refractivity contribution in [3.8, 4) is 17.3 Å². The Kier molecular flexibility index (Phi) is 5.19. The maximum atomic E-state index is 12.9. The monoisotopic (exact) mass is 425 g/mol. The second-order valence-corrected chi connectivity index (χ2v) is 7.37. The molecule has 10 nitrogen and oxygen atoms in total. The summed E-state index contributed by atoms with van der Waals surface area (Å²) in [6, 6.07) is 12.6. The van der Waals surface area contributed by atoms with Crippen LogP contribution in [0.3, 0.4) is 0 Å². The number of nitrogen functional groups attached to an aromatic ring is 1. The molecule has 0 saturated heterocycles. The van der Waals surface area contributed by atoms with Crippen LogP contribution in [0, 0.1) is 6.92 Å². The first-order valence-corrected chi connectivity index (χ1v) is 9.97. The van der Waals surface area contributed by atoms with Gasteiger partial charge < -0.3 is 15.6 Å². The summed E-state index contributed by atoms with van der Waals surface area (Å²) in [6.45, 7) is 1.77. The lowest BCUT2D eigenvalue weighted by Gasteiger charge is -2.07. The van der Waals surface area contributed by atoms with Crippen molar-refractivity contribution in [2.45, 2.75) is 12.1 Å². The molecular weight excluding hydrogens is 406 g/mol. The van der Waals surface area contributed by atoms with Crippen LogP contribution in [0.1, 0.15) is 5.69 Å². The number of carbonyl (C=O) groups is 1. The number of nitrogens with zero attached hydrogens (tertiary/aromatic N) is 5. The van der Waals surface area contributed by atoms with Gasteiger partial charge in [-0.15, -0.1) is 10.2 Å². The average molecular weight is 425 g/mol. The van der Waals surface area contributed by atoms with Crippen molar-refractivity contribution in [3.05, 3.63) is 64.8 Å². The van der Waals surface area contributed by atoms with Crippen LogP contribution in [0.4, 0.5) is 5.69 Å². The number of amides is 1. The molecule has 4 aromatic rings. The normalized spacial score (nSPS) is 11.0. The first kappa shape index (κ1) is 19.6. The zero-order valence-electron chi connectivity index (χ0n) is 16.3. The average Bonchev–Trinajstić information content (AvgIpc) is 3.44. The first-order chi connectivity index (χ1) is 14.5. The Morgan fingerprint density at radius 2 is 1.97 bits per heavy atom. The number of nitrogens with one attached hydrogen (secondary N) is 1. The van der Waals surface area contributed by atoms with Crippen molar-refractivity contribution in [1.29, 1.82) is 0 Å².